The van der Waals surface area contributed by atoms with Crippen LogP contribution in [0.1, 0.15) is 65.2 Å². The summed E-state index contributed by atoms with van der Waals surface area (Å²) in [6.45, 7) is 5.31. The molecule has 1 heterocycles. The molecular weight excluding hydrogens is 312 g/mol. The van der Waals surface area contributed by atoms with E-state index in [1.807, 2.05) is 6.08 Å². The van der Waals surface area contributed by atoms with Gasteiger partial charge in [-0.05, 0) is 74.2 Å². The van der Waals surface area contributed by atoms with Crippen molar-refractivity contribution in [3.8, 4) is 0 Å². The second kappa shape index (κ2) is 5.28. The summed E-state index contributed by atoms with van der Waals surface area (Å²) in [7, 11) is 0. The lowest BCUT2D eigenvalue weighted by atomic mass is 9.49. The molecule has 3 heteroatoms. The second-order valence-corrected chi connectivity index (χ2v) is 9.67. The van der Waals surface area contributed by atoms with E-state index in [1.54, 1.807) is 0 Å². The molecule has 4 fully saturated rings. The molecule has 0 aromatic rings. The molecule has 1 aliphatic heterocycles. The summed E-state index contributed by atoms with van der Waals surface area (Å²) in [6.07, 6.45) is 10.0. The highest BCUT2D eigenvalue weighted by Crippen LogP contribution is 2.67. The predicted octanol–water partition coefficient (Wildman–Crippen LogP) is 4.10. The average Bonchev–Trinajstić information content (AvgIpc) is 3.10. The molecule has 3 nitrogen and oxygen atoms in total. The number of carbonyl (C=O) groups is 2. The van der Waals surface area contributed by atoms with Crippen molar-refractivity contribution < 1.29 is 14.3 Å². The smallest absolute Gasteiger partial charge is 0.167 e. The van der Waals surface area contributed by atoms with E-state index in [1.165, 1.54) is 18.4 Å². The number of ether oxygens (including phenoxy) is 1. The quantitative estimate of drug-likeness (QED) is 0.665. The lowest BCUT2D eigenvalue weighted by molar-refractivity contribution is -0.157. The Balaban J connectivity index is 1.50. The van der Waals surface area contributed by atoms with Crippen LogP contribution in [0.4, 0.5) is 0 Å². The fourth-order valence-electron chi connectivity index (χ4n) is 7.79. The number of allylic oxidation sites excluding steroid dienone is 1. The van der Waals surface area contributed by atoms with Crippen molar-refractivity contribution >= 4 is 11.6 Å². The van der Waals surface area contributed by atoms with Gasteiger partial charge in [0.25, 0.3) is 0 Å². The van der Waals surface area contributed by atoms with Crippen molar-refractivity contribution in [2.45, 2.75) is 70.8 Å². The van der Waals surface area contributed by atoms with Crippen molar-refractivity contribution in [3.63, 3.8) is 0 Å². The van der Waals surface area contributed by atoms with Crippen LogP contribution in [0.15, 0.2) is 11.6 Å². The van der Waals surface area contributed by atoms with E-state index < -0.39 is 5.60 Å². The Bertz CT molecular complexity index is 664. The highest BCUT2D eigenvalue weighted by Gasteiger charge is 2.67. The van der Waals surface area contributed by atoms with E-state index >= 15 is 0 Å². The number of hydrogen-bond donors (Lipinski definition) is 0. The van der Waals surface area contributed by atoms with Gasteiger partial charge in [0, 0.05) is 18.3 Å². The monoisotopic (exact) mass is 342 g/mol. The molecule has 7 atom stereocenters. The van der Waals surface area contributed by atoms with Crippen LogP contribution in [0.3, 0.4) is 0 Å². The fourth-order valence-corrected chi connectivity index (χ4v) is 7.79. The summed E-state index contributed by atoms with van der Waals surface area (Å²) >= 11 is 0. The van der Waals surface area contributed by atoms with Crippen LogP contribution < -0.4 is 0 Å². The number of hydrogen-bond acceptors (Lipinski definition) is 3. The summed E-state index contributed by atoms with van der Waals surface area (Å²) in [5.41, 5.74) is 1.01. The molecule has 25 heavy (non-hydrogen) atoms. The Hall–Kier alpha value is -0.960. The summed E-state index contributed by atoms with van der Waals surface area (Å²) in [6, 6.07) is 0. The van der Waals surface area contributed by atoms with Crippen LogP contribution in [0.25, 0.3) is 0 Å². The first-order valence-electron chi connectivity index (χ1n) is 10.4. The van der Waals surface area contributed by atoms with Crippen molar-refractivity contribution in [1.82, 2.24) is 0 Å². The molecule has 1 spiro atoms. The van der Waals surface area contributed by atoms with Crippen LogP contribution in [0.2, 0.25) is 0 Å². The molecule has 0 aromatic heterocycles. The van der Waals surface area contributed by atoms with E-state index in [2.05, 4.69) is 13.8 Å². The first-order chi connectivity index (χ1) is 12.0. The highest BCUT2D eigenvalue weighted by atomic mass is 16.5. The van der Waals surface area contributed by atoms with Crippen LogP contribution in [-0.4, -0.2) is 23.8 Å². The van der Waals surface area contributed by atoms with Gasteiger partial charge in [0.1, 0.15) is 5.60 Å². The van der Waals surface area contributed by atoms with Gasteiger partial charge in [0.05, 0.1) is 6.61 Å². The van der Waals surface area contributed by atoms with E-state index in [0.717, 1.165) is 38.0 Å². The number of rotatable bonds is 0. The summed E-state index contributed by atoms with van der Waals surface area (Å²) < 4.78 is 6.21. The Morgan fingerprint density at radius 3 is 2.68 bits per heavy atom. The van der Waals surface area contributed by atoms with Gasteiger partial charge in [-0.3, -0.25) is 9.59 Å². The molecular formula is C22H30O3. The zero-order valence-corrected chi connectivity index (χ0v) is 15.6. The Morgan fingerprint density at radius 1 is 1.08 bits per heavy atom. The third kappa shape index (κ3) is 1.97. The van der Waals surface area contributed by atoms with Crippen molar-refractivity contribution in [3.05, 3.63) is 11.6 Å². The van der Waals surface area contributed by atoms with Crippen LogP contribution in [0.5, 0.6) is 0 Å². The maximum atomic E-state index is 12.8. The molecule has 0 unspecified atom stereocenters. The zero-order valence-electron chi connectivity index (χ0n) is 15.6. The maximum Gasteiger partial charge on any atom is 0.167 e. The minimum absolute atomic E-state index is 0.0349. The number of carbonyl (C=O) groups excluding carboxylic acids is 2. The van der Waals surface area contributed by atoms with Crippen LogP contribution in [0, 0.1) is 35.0 Å². The maximum absolute atomic E-state index is 12.8. The number of fused-ring (bicyclic) bond motifs is 6. The third-order valence-electron chi connectivity index (χ3n) is 8.91. The Kier molecular flexibility index (Phi) is 3.43. The van der Waals surface area contributed by atoms with E-state index in [0.29, 0.717) is 48.3 Å². The van der Waals surface area contributed by atoms with Gasteiger partial charge in [-0.2, -0.15) is 0 Å². The first kappa shape index (κ1) is 16.2. The molecule has 0 amide bonds. The van der Waals surface area contributed by atoms with Gasteiger partial charge in [-0.15, -0.1) is 0 Å². The Labute approximate surface area is 150 Å². The molecule has 5 aliphatic rings. The summed E-state index contributed by atoms with van der Waals surface area (Å²) in [5, 5.41) is 0. The van der Waals surface area contributed by atoms with Gasteiger partial charge < -0.3 is 4.74 Å². The number of Topliss-reactive ketones (excluding diaryl/α,β-unsaturated/α-hetero) is 1. The third-order valence-corrected chi connectivity index (χ3v) is 8.91. The largest absolute Gasteiger partial charge is 0.366 e. The molecule has 136 valence electrons. The predicted molar refractivity (Wildman–Crippen MR) is 94.9 cm³/mol. The van der Waals surface area contributed by atoms with Gasteiger partial charge in [-0.25, -0.2) is 0 Å². The minimum Gasteiger partial charge on any atom is -0.366 e. The lowest BCUT2D eigenvalue weighted by Crippen LogP contribution is -2.55. The molecule has 0 aromatic carbocycles. The molecule has 0 bridgehead atoms. The standard InChI is InChI=1S/C22H30O3/c1-13-11-18-16(15-4-3-14(23)12-17(13)15)5-8-21(2)19(18)6-9-22(21)20(24)7-10-25-22/h12-13,15-16,18-19H,3-11H2,1-2H3/t13-,15+,16+,18+,19-,21-,22+/m0/s1. The summed E-state index contributed by atoms with van der Waals surface area (Å²) in [4.78, 5) is 24.7. The fraction of sp³-hybridized carbons (Fsp3) is 0.818. The first-order valence-corrected chi connectivity index (χ1v) is 10.4. The van der Waals surface area contributed by atoms with Crippen molar-refractivity contribution in [1.29, 1.82) is 0 Å². The van der Waals surface area contributed by atoms with Crippen molar-refractivity contribution in [2.75, 3.05) is 6.61 Å². The molecule has 0 radical (unpaired) electrons. The average molecular weight is 342 g/mol. The van der Waals surface area contributed by atoms with Gasteiger partial charge in [-0.1, -0.05) is 19.4 Å². The zero-order chi connectivity index (χ0) is 17.4. The van der Waals surface area contributed by atoms with Crippen LogP contribution >= 0.6 is 0 Å². The van der Waals surface area contributed by atoms with Gasteiger partial charge in [0.2, 0.25) is 0 Å². The van der Waals surface area contributed by atoms with E-state index in [-0.39, 0.29) is 5.41 Å². The second-order valence-electron chi connectivity index (χ2n) is 9.67. The normalized spacial score (nSPS) is 51.9. The SMILES string of the molecule is C[C@H]1C[C@@H]2[C@H](CC[C@@]3(C)[C@H]2CC[C@]32OCCC2=O)[C@H]2CCC(=O)C=C12. The van der Waals surface area contributed by atoms with E-state index in [9.17, 15) is 9.59 Å². The van der Waals surface area contributed by atoms with E-state index in [4.69, 9.17) is 4.74 Å². The highest BCUT2D eigenvalue weighted by molar-refractivity contribution is 5.91. The Morgan fingerprint density at radius 2 is 1.92 bits per heavy atom. The molecule has 4 aliphatic carbocycles. The number of ketones is 2. The van der Waals surface area contributed by atoms with Crippen molar-refractivity contribution in [2.24, 2.45) is 35.0 Å². The molecule has 5 rings (SSSR count). The van der Waals surface area contributed by atoms with Gasteiger partial charge in [0.15, 0.2) is 11.6 Å². The molecule has 1 saturated heterocycles. The molecule has 0 N–H and O–H groups in total. The lowest BCUT2D eigenvalue weighted by Gasteiger charge is -2.56. The molecule has 3 saturated carbocycles. The van der Waals surface area contributed by atoms with Crippen LogP contribution in [-0.2, 0) is 14.3 Å². The van der Waals surface area contributed by atoms with Gasteiger partial charge >= 0.3 is 0 Å². The topological polar surface area (TPSA) is 43.4 Å². The summed E-state index contributed by atoms with van der Waals surface area (Å²) in [5.74, 6) is 3.91. The minimum atomic E-state index is -0.468.